The molecule has 3 heterocycles. The zero-order valence-corrected chi connectivity index (χ0v) is 15.0. The van der Waals surface area contributed by atoms with Crippen molar-refractivity contribution < 1.29 is 4.74 Å². The molecule has 2 fully saturated rings. The van der Waals surface area contributed by atoms with Gasteiger partial charge in [0.05, 0.1) is 31.2 Å². The third-order valence-electron chi connectivity index (χ3n) is 4.56. The van der Waals surface area contributed by atoms with Crippen molar-refractivity contribution in [1.29, 1.82) is 0 Å². The molecule has 128 valence electrons. The molecule has 2 aliphatic rings. The number of thiol groups is 1. The number of aromatic nitrogens is 2. The lowest BCUT2D eigenvalue weighted by Gasteiger charge is -2.35. The van der Waals surface area contributed by atoms with Crippen molar-refractivity contribution in [3.8, 4) is 0 Å². The summed E-state index contributed by atoms with van der Waals surface area (Å²) in [5, 5.41) is 0. The third-order valence-corrected chi connectivity index (χ3v) is 5.20. The minimum Gasteiger partial charge on any atom is -0.377 e. The largest absolute Gasteiger partial charge is 0.377 e. The standard InChI is InChI=1S/C16H27N5OS/c1-12-10-22-8-7-21(12)15-9-14(11-23-2)18-16(19-15)20-5-3-13(17)4-6-20/h9,12-13H,3-8,10-11,17H2,1-2H3/p+1/t12-/m0/s1. The van der Waals surface area contributed by atoms with Crippen molar-refractivity contribution in [3.05, 3.63) is 11.8 Å². The number of morpholine rings is 1. The lowest BCUT2D eigenvalue weighted by molar-refractivity contribution is 0.0985. The van der Waals surface area contributed by atoms with Crippen LogP contribution >= 0.6 is 0 Å². The normalized spacial score (nSPS) is 23.3. The molecule has 23 heavy (non-hydrogen) atoms. The van der Waals surface area contributed by atoms with Gasteiger partial charge in [0.25, 0.3) is 0 Å². The van der Waals surface area contributed by atoms with Crippen LogP contribution in [0.1, 0.15) is 25.5 Å². The average molecular weight is 339 g/mol. The molecule has 0 spiro atoms. The maximum Gasteiger partial charge on any atom is 0.227 e. The first-order chi connectivity index (χ1) is 11.2. The molecule has 0 saturated carbocycles. The van der Waals surface area contributed by atoms with Crippen LogP contribution in [0.2, 0.25) is 0 Å². The molecule has 6 nitrogen and oxygen atoms in total. The molecule has 3 rings (SSSR count). The van der Waals surface area contributed by atoms with E-state index in [1.807, 2.05) is 0 Å². The first kappa shape index (κ1) is 16.8. The average Bonchev–Trinajstić information content (AvgIpc) is 2.56. The fourth-order valence-electron chi connectivity index (χ4n) is 3.17. The number of piperidine rings is 1. The molecule has 1 aromatic heterocycles. The van der Waals surface area contributed by atoms with Gasteiger partial charge in [-0.05, 0) is 31.5 Å². The molecule has 0 bridgehead atoms. The molecular weight excluding hydrogens is 310 g/mol. The van der Waals surface area contributed by atoms with Gasteiger partial charge in [-0.15, -0.1) is 0 Å². The molecule has 1 aromatic rings. The highest BCUT2D eigenvalue weighted by molar-refractivity contribution is 7.76. The Kier molecular flexibility index (Phi) is 5.61. The van der Waals surface area contributed by atoms with Crippen molar-refractivity contribution in [2.24, 2.45) is 5.73 Å². The maximum atomic E-state index is 6.03. The first-order valence-corrected chi connectivity index (χ1v) is 9.98. The molecule has 0 radical (unpaired) electrons. The summed E-state index contributed by atoms with van der Waals surface area (Å²) in [4.78, 5) is 14.3. The number of hydrogen-bond acceptors (Lipinski definition) is 6. The number of nitrogens with zero attached hydrogens (tertiary/aromatic N) is 4. The van der Waals surface area contributed by atoms with E-state index in [0.29, 0.717) is 12.1 Å². The second kappa shape index (κ2) is 7.68. The van der Waals surface area contributed by atoms with Crippen LogP contribution in [0.3, 0.4) is 0 Å². The van der Waals surface area contributed by atoms with Gasteiger partial charge < -0.3 is 20.3 Å². The second-order valence-electron chi connectivity index (χ2n) is 6.43. The monoisotopic (exact) mass is 338 g/mol. The van der Waals surface area contributed by atoms with Crippen LogP contribution in [0.25, 0.3) is 0 Å². The predicted octanol–water partition coefficient (Wildman–Crippen LogP) is 0.574. The molecule has 0 aliphatic carbocycles. The summed E-state index contributed by atoms with van der Waals surface area (Å²) >= 11 is 1.33. The van der Waals surface area contributed by atoms with Crippen LogP contribution < -0.4 is 15.5 Å². The number of rotatable bonds is 4. The van der Waals surface area contributed by atoms with Crippen molar-refractivity contribution >= 4 is 23.5 Å². The molecule has 1 atom stereocenters. The molecule has 7 heteroatoms. The maximum absolute atomic E-state index is 6.03. The van der Waals surface area contributed by atoms with E-state index in [1.165, 1.54) is 11.8 Å². The summed E-state index contributed by atoms with van der Waals surface area (Å²) in [6.45, 7) is 6.52. The van der Waals surface area contributed by atoms with E-state index in [2.05, 4.69) is 29.0 Å². The molecule has 2 saturated heterocycles. The van der Waals surface area contributed by atoms with E-state index >= 15 is 0 Å². The van der Waals surface area contributed by atoms with E-state index in [9.17, 15) is 0 Å². The molecule has 0 unspecified atom stereocenters. The minimum atomic E-state index is 0.322. The van der Waals surface area contributed by atoms with Gasteiger partial charge in [0.15, 0.2) is 0 Å². The highest BCUT2D eigenvalue weighted by atomic mass is 32.2. The SMILES string of the molecule is C[SH+]Cc1cc(N2CCOC[C@@H]2C)nc(N2CCC(N)CC2)n1. The number of anilines is 2. The molecule has 0 aromatic carbocycles. The summed E-state index contributed by atoms with van der Waals surface area (Å²) in [5.74, 6) is 2.88. The molecular formula is C16H28N5OS+. The number of hydrogen-bond donors (Lipinski definition) is 1. The van der Waals surface area contributed by atoms with Gasteiger partial charge in [0.1, 0.15) is 11.6 Å². The van der Waals surface area contributed by atoms with Crippen LogP contribution in [0, 0.1) is 0 Å². The van der Waals surface area contributed by atoms with Gasteiger partial charge in [-0.2, -0.15) is 4.98 Å². The number of ether oxygens (including phenoxy) is 1. The van der Waals surface area contributed by atoms with E-state index < -0.39 is 0 Å². The van der Waals surface area contributed by atoms with Crippen molar-refractivity contribution in [2.75, 3.05) is 48.9 Å². The Morgan fingerprint density at radius 1 is 1.30 bits per heavy atom. The predicted molar refractivity (Wildman–Crippen MR) is 97.5 cm³/mol. The van der Waals surface area contributed by atoms with E-state index in [-0.39, 0.29) is 0 Å². The lowest BCUT2D eigenvalue weighted by Crippen LogP contribution is -2.45. The van der Waals surface area contributed by atoms with Gasteiger partial charge in [0, 0.05) is 31.7 Å². The fourth-order valence-corrected chi connectivity index (χ4v) is 3.65. The zero-order valence-electron chi connectivity index (χ0n) is 14.1. The first-order valence-electron chi connectivity index (χ1n) is 8.46. The Morgan fingerprint density at radius 2 is 2.09 bits per heavy atom. The van der Waals surface area contributed by atoms with Crippen LogP contribution in [0.15, 0.2) is 6.07 Å². The van der Waals surface area contributed by atoms with Gasteiger partial charge in [0.2, 0.25) is 5.95 Å². The topological polar surface area (TPSA) is 67.5 Å². The van der Waals surface area contributed by atoms with Crippen LogP contribution in [-0.2, 0) is 22.3 Å². The van der Waals surface area contributed by atoms with Gasteiger partial charge in [-0.3, -0.25) is 0 Å². The lowest BCUT2D eigenvalue weighted by atomic mass is 10.1. The van der Waals surface area contributed by atoms with Gasteiger partial charge in [-0.1, -0.05) is 0 Å². The summed E-state index contributed by atoms with van der Waals surface area (Å²) in [7, 11) is 0. The van der Waals surface area contributed by atoms with Gasteiger partial charge >= 0.3 is 0 Å². The molecule has 2 N–H and O–H groups in total. The summed E-state index contributed by atoms with van der Waals surface area (Å²) in [6.07, 6.45) is 4.20. The molecule has 0 amide bonds. The Hall–Kier alpha value is -1.05. The van der Waals surface area contributed by atoms with Crippen molar-refractivity contribution in [1.82, 2.24) is 9.97 Å². The smallest absolute Gasteiger partial charge is 0.227 e. The Labute approximate surface area is 142 Å². The summed E-state index contributed by atoms with van der Waals surface area (Å²) < 4.78 is 5.56. The van der Waals surface area contributed by atoms with Crippen LogP contribution in [-0.4, -0.2) is 61.2 Å². The Balaban J connectivity index is 1.86. The van der Waals surface area contributed by atoms with E-state index in [1.54, 1.807) is 0 Å². The van der Waals surface area contributed by atoms with Crippen LogP contribution in [0.5, 0.6) is 0 Å². The summed E-state index contributed by atoms with van der Waals surface area (Å²) in [6, 6.07) is 2.83. The highest BCUT2D eigenvalue weighted by Gasteiger charge is 2.24. The van der Waals surface area contributed by atoms with E-state index in [0.717, 1.165) is 68.9 Å². The third kappa shape index (κ3) is 4.08. The van der Waals surface area contributed by atoms with Gasteiger partial charge in [-0.25, -0.2) is 4.98 Å². The second-order valence-corrected chi connectivity index (χ2v) is 7.38. The van der Waals surface area contributed by atoms with Crippen LogP contribution in [0.4, 0.5) is 11.8 Å². The van der Waals surface area contributed by atoms with E-state index in [4.69, 9.17) is 20.4 Å². The Bertz CT molecular complexity index is 521. The summed E-state index contributed by atoms with van der Waals surface area (Å²) in [5.41, 5.74) is 7.15. The van der Waals surface area contributed by atoms with Crippen molar-refractivity contribution in [3.63, 3.8) is 0 Å². The Morgan fingerprint density at radius 3 is 2.78 bits per heavy atom. The van der Waals surface area contributed by atoms with Crippen molar-refractivity contribution in [2.45, 2.75) is 37.6 Å². The highest BCUT2D eigenvalue weighted by Crippen LogP contribution is 2.23. The quantitative estimate of drug-likeness (QED) is 0.640. The minimum absolute atomic E-state index is 0.322. The fraction of sp³-hybridized carbons (Fsp3) is 0.750. The number of nitrogens with two attached hydrogens (primary N) is 1. The zero-order chi connectivity index (χ0) is 16.2. The molecule has 2 aliphatic heterocycles.